The fourth-order valence-corrected chi connectivity index (χ4v) is 2.05. The van der Waals surface area contributed by atoms with E-state index in [4.69, 9.17) is 0 Å². The summed E-state index contributed by atoms with van der Waals surface area (Å²) in [6.07, 6.45) is 19.5. The van der Waals surface area contributed by atoms with Gasteiger partial charge in [-0.15, -0.1) is 0 Å². The van der Waals surface area contributed by atoms with E-state index in [0.29, 0.717) is 0 Å². The number of hydrogen-bond donors (Lipinski definition) is 0. The van der Waals surface area contributed by atoms with E-state index in [2.05, 4.69) is 60.7 Å². The van der Waals surface area contributed by atoms with Gasteiger partial charge in [-0.05, 0) is 43.2 Å². The Balaban J connectivity index is 0.000000172. The van der Waals surface area contributed by atoms with Crippen LogP contribution in [0.4, 0.5) is 0 Å². The second-order valence-corrected chi connectivity index (χ2v) is 4.40. The molecular weight excluding hydrogens is 396 g/mol. The molecule has 2 aliphatic rings. The average molecular weight is 417 g/mol. The van der Waals surface area contributed by atoms with E-state index >= 15 is 0 Å². The van der Waals surface area contributed by atoms with Crippen LogP contribution in [0, 0.1) is 0 Å². The molecule has 0 aliphatic heterocycles. The summed E-state index contributed by atoms with van der Waals surface area (Å²) in [7, 11) is 0. The van der Waals surface area contributed by atoms with E-state index in [-0.39, 0.29) is 20.1 Å². The molecule has 0 saturated heterocycles. The van der Waals surface area contributed by atoms with Crippen molar-refractivity contribution in [2.24, 2.45) is 0 Å². The first-order chi connectivity index (χ1) is 8.47. The van der Waals surface area contributed by atoms with Crippen molar-refractivity contribution in [1.82, 2.24) is 0 Å². The van der Waals surface area contributed by atoms with Gasteiger partial charge in [0.1, 0.15) is 0 Å². The molecule has 0 spiro atoms. The number of benzene rings is 1. The molecule has 3 rings (SSSR count). The van der Waals surface area contributed by atoms with Crippen LogP contribution < -0.4 is 0 Å². The fourth-order valence-electron chi connectivity index (χ4n) is 2.05. The van der Waals surface area contributed by atoms with Crippen LogP contribution in [0.2, 0.25) is 0 Å². The van der Waals surface area contributed by atoms with Gasteiger partial charge in [-0.3, -0.25) is 0 Å². The SMILES string of the molecule is C1=C\CC/C=C\CC/1.C1=Cc2ccccc2C1.[Ir]. The van der Waals surface area contributed by atoms with Crippen LogP contribution in [-0.2, 0) is 26.5 Å². The molecule has 0 amide bonds. The summed E-state index contributed by atoms with van der Waals surface area (Å²) in [5, 5.41) is 0. The minimum atomic E-state index is 0. The standard InChI is InChI=1S/C9H8.C8H12.Ir/c1-2-5-9-7-3-6-8(9)4-1;1-2-4-6-8-7-5-3-1;/h1-6H,7H2;1-2,7-8H,3-6H2;/b;2-1-,8-7-;. The Morgan fingerprint density at radius 3 is 1.78 bits per heavy atom. The number of fused-ring (bicyclic) bond motifs is 1. The Morgan fingerprint density at radius 2 is 1.22 bits per heavy atom. The first-order valence-corrected chi connectivity index (χ1v) is 6.51. The van der Waals surface area contributed by atoms with Gasteiger partial charge in [0, 0.05) is 20.1 Å². The summed E-state index contributed by atoms with van der Waals surface area (Å²) >= 11 is 0. The molecule has 0 atom stereocenters. The van der Waals surface area contributed by atoms with Gasteiger partial charge in [0.05, 0.1) is 0 Å². The normalized spacial score (nSPS) is 19.3. The van der Waals surface area contributed by atoms with Crippen LogP contribution in [0.25, 0.3) is 6.08 Å². The van der Waals surface area contributed by atoms with Crippen LogP contribution >= 0.6 is 0 Å². The molecule has 0 saturated carbocycles. The Labute approximate surface area is 124 Å². The summed E-state index contributed by atoms with van der Waals surface area (Å²) in [6, 6.07) is 8.49. The van der Waals surface area contributed by atoms with Crippen molar-refractivity contribution in [3.05, 3.63) is 65.8 Å². The van der Waals surface area contributed by atoms with Gasteiger partial charge >= 0.3 is 0 Å². The summed E-state index contributed by atoms with van der Waals surface area (Å²) in [5.74, 6) is 0. The molecule has 97 valence electrons. The van der Waals surface area contributed by atoms with Crippen LogP contribution in [0.15, 0.2) is 54.6 Å². The maximum Gasteiger partial charge on any atom is 0 e. The van der Waals surface area contributed by atoms with E-state index < -0.39 is 0 Å². The molecule has 2 aliphatic carbocycles. The van der Waals surface area contributed by atoms with E-state index in [1.54, 1.807) is 0 Å². The predicted octanol–water partition coefficient (Wildman–Crippen LogP) is 4.93. The van der Waals surface area contributed by atoms with Crippen molar-refractivity contribution in [3.8, 4) is 0 Å². The summed E-state index contributed by atoms with van der Waals surface area (Å²) < 4.78 is 0. The van der Waals surface area contributed by atoms with Crippen molar-refractivity contribution >= 4 is 6.08 Å². The number of hydrogen-bond acceptors (Lipinski definition) is 0. The van der Waals surface area contributed by atoms with E-state index in [0.717, 1.165) is 6.42 Å². The van der Waals surface area contributed by atoms with Gasteiger partial charge in [-0.25, -0.2) is 0 Å². The minimum Gasteiger partial charge on any atom is -0.0882 e. The molecule has 0 aromatic heterocycles. The molecule has 0 fully saturated rings. The smallest absolute Gasteiger partial charge is 0 e. The third kappa shape index (κ3) is 5.16. The van der Waals surface area contributed by atoms with Crippen molar-refractivity contribution in [3.63, 3.8) is 0 Å². The summed E-state index contributed by atoms with van der Waals surface area (Å²) in [6.45, 7) is 0. The van der Waals surface area contributed by atoms with Gasteiger partial charge < -0.3 is 0 Å². The molecule has 0 unspecified atom stereocenters. The van der Waals surface area contributed by atoms with Crippen LogP contribution in [0.3, 0.4) is 0 Å². The first kappa shape index (κ1) is 15.1. The Kier molecular flexibility index (Phi) is 7.64. The zero-order chi connectivity index (χ0) is 11.8. The third-order valence-electron chi connectivity index (χ3n) is 3.02. The quantitative estimate of drug-likeness (QED) is 0.526. The maximum absolute atomic E-state index is 2.27. The van der Waals surface area contributed by atoms with Gasteiger partial charge in [0.2, 0.25) is 0 Å². The molecule has 0 N–H and O–H groups in total. The Morgan fingerprint density at radius 1 is 0.667 bits per heavy atom. The first-order valence-electron chi connectivity index (χ1n) is 6.51. The van der Waals surface area contributed by atoms with E-state index in [1.165, 1.54) is 36.8 Å². The fraction of sp³-hybridized carbons (Fsp3) is 0.294. The van der Waals surface area contributed by atoms with Crippen molar-refractivity contribution < 1.29 is 20.1 Å². The number of rotatable bonds is 0. The molecular formula is C17H20Ir. The van der Waals surface area contributed by atoms with Crippen LogP contribution in [-0.4, -0.2) is 0 Å². The molecule has 0 nitrogen and oxygen atoms in total. The maximum atomic E-state index is 2.27. The average Bonchev–Trinajstić information content (AvgIpc) is 2.76. The van der Waals surface area contributed by atoms with Gasteiger partial charge in [-0.1, -0.05) is 60.7 Å². The number of allylic oxidation sites excluding steroid dienone is 5. The largest absolute Gasteiger partial charge is 0.0882 e. The molecule has 1 heteroatoms. The van der Waals surface area contributed by atoms with E-state index in [9.17, 15) is 0 Å². The summed E-state index contributed by atoms with van der Waals surface area (Å²) in [4.78, 5) is 0. The molecule has 1 radical (unpaired) electrons. The van der Waals surface area contributed by atoms with Crippen LogP contribution in [0.5, 0.6) is 0 Å². The molecule has 0 bridgehead atoms. The molecule has 1 aromatic rings. The Bertz CT molecular complexity index is 401. The zero-order valence-electron chi connectivity index (χ0n) is 10.6. The molecule has 18 heavy (non-hydrogen) atoms. The third-order valence-corrected chi connectivity index (χ3v) is 3.02. The zero-order valence-corrected chi connectivity index (χ0v) is 13.0. The van der Waals surface area contributed by atoms with Gasteiger partial charge in [0.25, 0.3) is 0 Å². The minimum absolute atomic E-state index is 0. The topological polar surface area (TPSA) is 0 Å². The Hall–Kier alpha value is -0.911. The van der Waals surface area contributed by atoms with E-state index in [1.807, 2.05) is 0 Å². The van der Waals surface area contributed by atoms with Crippen molar-refractivity contribution in [2.75, 3.05) is 0 Å². The second kappa shape index (κ2) is 9.08. The molecule has 0 heterocycles. The van der Waals surface area contributed by atoms with Gasteiger partial charge in [0.15, 0.2) is 0 Å². The van der Waals surface area contributed by atoms with Gasteiger partial charge in [-0.2, -0.15) is 0 Å². The van der Waals surface area contributed by atoms with Crippen molar-refractivity contribution in [2.45, 2.75) is 32.1 Å². The summed E-state index contributed by atoms with van der Waals surface area (Å²) in [5.41, 5.74) is 2.84. The van der Waals surface area contributed by atoms with Crippen molar-refractivity contribution in [1.29, 1.82) is 0 Å². The second-order valence-electron chi connectivity index (χ2n) is 4.40. The van der Waals surface area contributed by atoms with Crippen LogP contribution in [0.1, 0.15) is 36.8 Å². The predicted molar refractivity (Wildman–Crippen MR) is 75.9 cm³/mol. The monoisotopic (exact) mass is 417 g/mol. The molecule has 1 aromatic carbocycles.